The largest absolute Gasteiger partial charge is 0.462 e. The summed E-state index contributed by atoms with van der Waals surface area (Å²) in [6, 6.07) is 0. The average molecular weight is 889 g/mol. The van der Waals surface area contributed by atoms with Crippen LogP contribution in [0.5, 0.6) is 0 Å². The number of allylic oxidation sites excluding steroid dienone is 2. The maximum atomic E-state index is 12.8. The Labute approximate surface area is 392 Å². The fourth-order valence-electron chi connectivity index (χ4n) is 8.50. The number of esters is 3. The molecule has 0 aliphatic rings. The van der Waals surface area contributed by atoms with Crippen molar-refractivity contribution in [1.82, 2.24) is 0 Å². The predicted molar refractivity (Wildman–Crippen MR) is 270 cm³/mol. The van der Waals surface area contributed by atoms with Crippen LogP contribution in [0.15, 0.2) is 12.2 Å². The normalized spacial score (nSPS) is 12.0. The van der Waals surface area contributed by atoms with Crippen molar-refractivity contribution in [1.29, 1.82) is 0 Å². The van der Waals surface area contributed by atoms with Crippen LogP contribution in [-0.4, -0.2) is 37.2 Å². The van der Waals surface area contributed by atoms with Crippen molar-refractivity contribution < 1.29 is 28.6 Å². The molecule has 6 heteroatoms. The molecule has 0 unspecified atom stereocenters. The first-order chi connectivity index (χ1) is 31.0. The van der Waals surface area contributed by atoms with Gasteiger partial charge in [0, 0.05) is 19.3 Å². The van der Waals surface area contributed by atoms with Crippen LogP contribution < -0.4 is 0 Å². The van der Waals surface area contributed by atoms with Gasteiger partial charge in [-0.05, 0) is 44.9 Å². The van der Waals surface area contributed by atoms with Crippen LogP contribution in [0.4, 0.5) is 0 Å². The smallest absolute Gasteiger partial charge is 0.306 e. The van der Waals surface area contributed by atoms with Crippen LogP contribution in [0.3, 0.4) is 0 Å². The van der Waals surface area contributed by atoms with E-state index >= 15 is 0 Å². The number of hydrogen-bond acceptors (Lipinski definition) is 6. The maximum Gasteiger partial charge on any atom is 0.306 e. The van der Waals surface area contributed by atoms with E-state index in [0.717, 1.165) is 64.2 Å². The van der Waals surface area contributed by atoms with Gasteiger partial charge in [0.1, 0.15) is 13.2 Å². The molecule has 0 saturated heterocycles. The number of rotatable bonds is 52. The summed E-state index contributed by atoms with van der Waals surface area (Å²) in [7, 11) is 0. The third-order valence-corrected chi connectivity index (χ3v) is 12.8. The Morgan fingerprint density at radius 3 is 0.794 bits per heavy atom. The molecule has 0 aromatic heterocycles. The monoisotopic (exact) mass is 889 g/mol. The number of ether oxygens (including phenoxy) is 3. The van der Waals surface area contributed by atoms with Crippen LogP contribution in [0, 0.1) is 0 Å². The lowest BCUT2D eigenvalue weighted by Crippen LogP contribution is -2.30. The zero-order valence-electron chi connectivity index (χ0n) is 42.6. The minimum atomic E-state index is -0.768. The number of carbonyl (C=O) groups excluding carboxylic acids is 3. The summed E-state index contributed by atoms with van der Waals surface area (Å²) in [5.41, 5.74) is 0. The highest BCUT2D eigenvalue weighted by molar-refractivity contribution is 5.71. The van der Waals surface area contributed by atoms with Gasteiger partial charge in [0.05, 0.1) is 0 Å². The van der Waals surface area contributed by atoms with E-state index in [1.54, 1.807) is 0 Å². The van der Waals surface area contributed by atoms with E-state index in [1.807, 2.05) is 0 Å². The Morgan fingerprint density at radius 1 is 0.302 bits per heavy atom. The molecule has 0 amide bonds. The zero-order chi connectivity index (χ0) is 45.8. The van der Waals surface area contributed by atoms with Crippen LogP contribution >= 0.6 is 0 Å². The fourth-order valence-corrected chi connectivity index (χ4v) is 8.50. The molecule has 0 aliphatic carbocycles. The molecule has 0 heterocycles. The summed E-state index contributed by atoms with van der Waals surface area (Å²) in [4.78, 5) is 38.0. The second-order valence-electron chi connectivity index (χ2n) is 19.2. The van der Waals surface area contributed by atoms with Gasteiger partial charge in [-0.2, -0.15) is 0 Å². The molecule has 0 bridgehead atoms. The molecule has 1 atom stereocenters. The standard InChI is InChI=1S/C57H108O6/c1-4-7-10-13-16-19-22-25-27-28-29-30-31-33-35-38-41-44-47-50-56(59)62-53-54(52-61-55(58)49-46-43-40-37-34-24-21-18-15-12-9-6-3)63-57(60)51-48-45-42-39-36-32-26-23-20-17-14-11-8-5-2/h23,26,54H,4-22,24-25,27-53H2,1-3H3/b26-23-/t54-/m1/s1. The van der Waals surface area contributed by atoms with Gasteiger partial charge < -0.3 is 14.2 Å². The highest BCUT2D eigenvalue weighted by Crippen LogP contribution is 2.17. The highest BCUT2D eigenvalue weighted by atomic mass is 16.6. The van der Waals surface area contributed by atoms with Crippen LogP contribution in [0.25, 0.3) is 0 Å². The van der Waals surface area contributed by atoms with E-state index in [0.29, 0.717) is 19.3 Å². The SMILES string of the molecule is CCCCCCC/C=C\CCCCCCCC(=O)O[C@H](COC(=O)CCCCCCCCCCCCCC)COC(=O)CCCCCCCCCCCCCCCCCCCCC. The fraction of sp³-hybridized carbons (Fsp3) is 0.912. The minimum absolute atomic E-state index is 0.0676. The van der Waals surface area contributed by atoms with Crippen LogP contribution in [-0.2, 0) is 28.6 Å². The Hall–Kier alpha value is -1.85. The van der Waals surface area contributed by atoms with E-state index in [9.17, 15) is 14.4 Å². The molecule has 0 aliphatic heterocycles. The van der Waals surface area contributed by atoms with Crippen molar-refractivity contribution in [2.45, 2.75) is 322 Å². The van der Waals surface area contributed by atoms with Gasteiger partial charge in [0.15, 0.2) is 6.10 Å². The number of carbonyl (C=O) groups is 3. The quantitative estimate of drug-likeness (QED) is 0.0262. The molecule has 0 aromatic rings. The topological polar surface area (TPSA) is 78.9 Å². The number of unbranched alkanes of at least 4 members (excludes halogenated alkanes) is 39. The Morgan fingerprint density at radius 2 is 0.524 bits per heavy atom. The van der Waals surface area contributed by atoms with Gasteiger partial charge in [0.2, 0.25) is 0 Å². The van der Waals surface area contributed by atoms with E-state index in [2.05, 4.69) is 32.9 Å². The predicted octanol–water partition coefficient (Wildman–Crippen LogP) is 18.5. The van der Waals surface area contributed by atoms with E-state index in [4.69, 9.17) is 14.2 Å². The zero-order valence-corrected chi connectivity index (χ0v) is 42.6. The van der Waals surface area contributed by atoms with E-state index in [1.165, 1.54) is 212 Å². The maximum absolute atomic E-state index is 12.8. The van der Waals surface area contributed by atoms with Gasteiger partial charge in [0.25, 0.3) is 0 Å². The summed E-state index contributed by atoms with van der Waals surface area (Å²) < 4.78 is 16.8. The van der Waals surface area contributed by atoms with Gasteiger partial charge in [-0.25, -0.2) is 0 Å². The minimum Gasteiger partial charge on any atom is -0.462 e. The second-order valence-corrected chi connectivity index (χ2v) is 19.2. The highest BCUT2D eigenvalue weighted by Gasteiger charge is 2.19. The van der Waals surface area contributed by atoms with Crippen molar-refractivity contribution in [3.8, 4) is 0 Å². The second kappa shape index (κ2) is 52.8. The first-order valence-corrected chi connectivity index (χ1v) is 28.2. The molecule has 6 nitrogen and oxygen atoms in total. The molecule has 0 saturated carbocycles. The van der Waals surface area contributed by atoms with Crippen LogP contribution in [0.2, 0.25) is 0 Å². The molecule has 0 N–H and O–H groups in total. The Bertz CT molecular complexity index is 978. The molecular formula is C57H108O6. The average Bonchev–Trinajstić information content (AvgIpc) is 3.28. The lowest BCUT2D eigenvalue weighted by molar-refractivity contribution is -0.167. The number of hydrogen-bond donors (Lipinski definition) is 0. The Balaban J connectivity index is 4.28. The molecule has 63 heavy (non-hydrogen) atoms. The summed E-state index contributed by atoms with van der Waals surface area (Å²) in [5, 5.41) is 0. The van der Waals surface area contributed by atoms with E-state index < -0.39 is 6.10 Å². The Kier molecular flexibility index (Phi) is 51.2. The lowest BCUT2D eigenvalue weighted by Gasteiger charge is -2.18. The summed E-state index contributed by atoms with van der Waals surface area (Å²) >= 11 is 0. The first kappa shape index (κ1) is 61.1. The van der Waals surface area contributed by atoms with Crippen molar-refractivity contribution >= 4 is 17.9 Å². The molecule has 372 valence electrons. The molecule has 0 spiro atoms. The molecule has 0 fully saturated rings. The summed E-state index contributed by atoms with van der Waals surface area (Å²) in [6.07, 6.45) is 59.1. The third-order valence-electron chi connectivity index (χ3n) is 12.8. The lowest BCUT2D eigenvalue weighted by atomic mass is 10.0. The molecule has 0 rings (SSSR count). The molecule has 0 aromatic carbocycles. The van der Waals surface area contributed by atoms with E-state index in [-0.39, 0.29) is 31.1 Å². The van der Waals surface area contributed by atoms with Gasteiger partial charge in [-0.1, -0.05) is 264 Å². The van der Waals surface area contributed by atoms with Crippen molar-refractivity contribution in [3.05, 3.63) is 12.2 Å². The van der Waals surface area contributed by atoms with Crippen molar-refractivity contribution in [2.75, 3.05) is 13.2 Å². The van der Waals surface area contributed by atoms with Gasteiger partial charge >= 0.3 is 17.9 Å². The third kappa shape index (κ3) is 51.0. The van der Waals surface area contributed by atoms with Crippen LogP contribution in [0.1, 0.15) is 316 Å². The summed E-state index contributed by atoms with van der Waals surface area (Å²) in [6.45, 7) is 6.67. The van der Waals surface area contributed by atoms with Crippen molar-refractivity contribution in [3.63, 3.8) is 0 Å². The summed E-state index contributed by atoms with van der Waals surface area (Å²) in [5.74, 6) is -0.855. The van der Waals surface area contributed by atoms with Gasteiger partial charge in [-0.3, -0.25) is 14.4 Å². The van der Waals surface area contributed by atoms with Gasteiger partial charge in [-0.15, -0.1) is 0 Å². The van der Waals surface area contributed by atoms with Crippen molar-refractivity contribution in [2.24, 2.45) is 0 Å². The first-order valence-electron chi connectivity index (χ1n) is 28.2. The molecular weight excluding hydrogens is 781 g/mol. The molecule has 0 radical (unpaired) electrons.